The highest BCUT2D eigenvalue weighted by Gasteiger charge is 2.10. The van der Waals surface area contributed by atoms with Crippen LogP contribution in [0.1, 0.15) is 31.8 Å². The molecule has 1 amide bonds. The molecule has 2 aromatic carbocycles. The Morgan fingerprint density at radius 1 is 1.14 bits per heavy atom. The average molecular weight is 285 g/mol. The number of carbonyl (C=O) groups is 2. The van der Waals surface area contributed by atoms with Gasteiger partial charge in [-0.25, -0.2) is 4.79 Å². The zero-order valence-electron chi connectivity index (χ0n) is 11.5. The molecule has 108 valence electrons. The van der Waals surface area contributed by atoms with Crippen LogP contribution in [0.15, 0.2) is 42.5 Å². The van der Waals surface area contributed by atoms with E-state index in [0.29, 0.717) is 22.4 Å². The number of amides is 1. The Kier molecular flexibility index (Phi) is 4.23. The molecule has 0 saturated heterocycles. The van der Waals surface area contributed by atoms with E-state index in [9.17, 15) is 9.59 Å². The van der Waals surface area contributed by atoms with Gasteiger partial charge in [0.15, 0.2) is 0 Å². The van der Waals surface area contributed by atoms with Gasteiger partial charge in [0.1, 0.15) is 12.4 Å². The molecule has 0 spiro atoms. The van der Waals surface area contributed by atoms with Crippen LogP contribution in [-0.2, 0) is 6.61 Å². The largest absolute Gasteiger partial charge is 0.489 e. The summed E-state index contributed by atoms with van der Waals surface area (Å²) in [6.07, 6.45) is 0. The van der Waals surface area contributed by atoms with E-state index in [1.165, 1.54) is 6.07 Å². The van der Waals surface area contributed by atoms with Crippen LogP contribution in [0.2, 0.25) is 0 Å². The lowest BCUT2D eigenvalue weighted by atomic mass is 10.1. The predicted molar refractivity (Wildman–Crippen MR) is 77.4 cm³/mol. The summed E-state index contributed by atoms with van der Waals surface area (Å²) in [4.78, 5) is 22.2. The van der Waals surface area contributed by atoms with Crippen molar-refractivity contribution in [3.8, 4) is 5.75 Å². The number of aromatic carboxylic acids is 1. The maximum Gasteiger partial charge on any atom is 0.335 e. The number of carbonyl (C=O) groups excluding carboxylic acids is 1. The number of carboxylic acids is 1. The summed E-state index contributed by atoms with van der Waals surface area (Å²) in [5, 5.41) is 8.97. The SMILES string of the molecule is Cc1cc(OCc2ccccc2C(N)=O)ccc1C(=O)O. The molecule has 0 radical (unpaired) electrons. The molecule has 2 aromatic rings. The van der Waals surface area contributed by atoms with Crippen LogP contribution < -0.4 is 10.5 Å². The molecule has 0 aliphatic rings. The van der Waals surface area contributed by atoms with Crippen molar-refractivity contribution in [1.82, 2.24) is 0 Å². The molecule has 5 heteroatoms. The van der Waals surface area contributed by atoms with Crippen molar-refractivity contribution in [2.45, 2.75) is 13.5 Å². The average Bonchev–Trinajstić information content (AvgIpc) is 2.45. The van der Waals surface area contributed by atoms with Gasteiger partial charge in [0.2, 0.25) is 5.91 Å². The van der Waals surface area contributed by atoms with Crippen LogP contribution in [0.25, 0.3) is 0 Å². The molecule has 0 aromatic heterocycles. The zero-order chi connectivity index (χ0) is 15.4. The quantitative estimate of drug-likeness (QED) is 0.882. The van der Waals surface area contributed by atoms with Crippen LogP contribution in [0.5, 0.6) is 5.75 Å². The van der Waals surface area contributed by atoms with Gasteiger partial charge in [0.25, 0.3) is 0 Å². The van der Waals surface area contributed by atoms with Crippen molar-refractivity contribution >= 4 is 11.9 Å². The predicted octanol–water partition coefficient (Wildman–Crippen LogP) is 2.37. The summed E-state index contributed by atoms with van der Waals surface area (Å²) in [6, 6.07) is 11.7. The summed E-state index contributed by atoms with van der Waals surface area (Å²) < 4.78 is 5.60. The lowest BCUT2D eigenvalue weighted by Crippen LogP contribution is -2.14. The highest BCUT2D eigenvalue weighted by molar-refractivity contribution is 5.94. The standard InChI is InChI=1S/C16H15NO4/c1-10-8-12(6-7-13(10)16(19)20)21-9-11-4-2-3-5-14(11)15(17)18/h2-8H,9H2,1H3,(H2,17,18)(H,19,20). The van der Waals surface area contributed by atoms with Gasteiger partial charge in [0.05, 0.1) is 5.56 Å². The third kappa shape index (κ3) is 3.39. The number of hydrogen-bond donors (Lipinski definition) is 2. The van der Waals surface area contributed by atoms with E-state index >= 15 is 0 Å². The van der Waals surface area contributed by atoms with Gasteiger partial charge in [0, 0.05) is 11.1 Å². The third-order valence-corrected chi connectivity index (χ3v) is 3.11. The van der Waals surface area contributed by atoms with Crippen molar-refractivity contribution in [2.24, 2.45) is 5.73 Å². The Hall–Kier alpha value is -2.82. The van der Waals surface area contributed by atoms with E-state index in [1.807, 2.05) is 0 Å². The molecule has 21 heavy (non-hydrogen) atoms. The van der Waals surface area contributed by atoms with Gasteiger partial charge in [-0.1, -0.05) is 18.2 Å². The second-order valence-electron chi connectivity index (χ2n) is 4.59. The van der Waals surface area contributed by atoms with E-state index in [2.05, 4.69) is 0 Å². The summed E-state index contributed by atoms with van der Waals surface area (Å²) in [5.41, 5.74) is 7.25. The Morgan fingerprint density at radius 2 is 1.86 bits per heavy atom. The first kappa shape index (κ1) is 14.6. The minimum absolute atomic E-state index is 0.185. The molecule has 0 aliphatic carbocycles. The minimum Gasteiger partial charge on any atom is -0.489 e. The number of aryl methyl sites for hydroxylation is 1. The molecule has 0 saturated carbocycles. The van der Waals surface area contributed by atoms with E-state index in [-0.39, 0.29) is 12.2 Å². The van der Waals surface area contributed by atoms with Gasteiger partial charge in [-0.05, 0) is 36.8 Å². The molecule has 0 unspecified atom stereocenters. The fourth-order valence-corrected chi connectivity index (χ4v) is 2.01. The van der Waals surface area contributed by atoms with E-state index in [1.54, 1.807) is 43.3 Å². The Balaban J connectivity index is 2.16. The second-order valence-corrected chi connectivity index (χ2v) is 4.59. The van der Waals surface area contributed by atoms with Crippen LogP contribution in [0, 0.1) is 6.92 Å². The van der Waals surface area contributed by atoms with Gasteiger partial charge in [-0.2, -0.15) is 0 Å². The maximum atomic E-state index is 11.3. The highest BCUT2D eigenvalue weighted by atomic mass is 16.5. The first-order chi connectivity index (χ1) is 9.99. The third-order valence-electron chi connectivity index (χ3n) is 3.11. The topological polar surface area (TPSA) is 89.6 Å². The summed E-state index contributed by atoms with van der Waals surface area (Å²) in [6.45, 7) is 1.89. The van der Waals surface area contributed by atoms with Crippen molar-refractivity contribution in [1.29, 1.82) is 0 Å². The van der Waals surface area contributed by atoms with Crippen LogP contribution in [-0.4, -0.2) is 17.0 Å². The Labute approximate surface area is 122 Å². The minimum atomic E-state index is -0.974. The van der Waals surface area contributed by atoms with Crippen LogP contribution >= 0.6 is 0 Å². The first-order valence-corrected chi connectivity index (χ1v) is 6.33. The number of hydrogen-bond acceptors (Lipinski definition) is 3. The van der Waals surface area contributed by atoms with Crippen molar-refractivity contribution in [2.75, 3.05) is 0 Å². The highest BCUT2D eigenvalue weighted by Crippen LogP contribution is 2.19. The van der Waals surface area contributed by atoms with Crippen LogP contribution in [0.4, 0.5) is 0 Å². The molecule has 5 nitrogen and oxygen atoms in total. The summed E-state index contributed by atoms with van der Waals surface area (Å²) in [7, 11) is 0. The number of rotatable bonds is 5. The number of nitrogens with two attached hydrogens (primary N) is 1. The molecule has 0 aliphatic heterocycles. The number of carboxylic acid groups (broad SMARTS) is 1. The summed E-state index contributed by atoms with van der Waals surface area (Å²) >= 11 is 0. The first-order valence-electron chi connectivity index (χ1n) is 6.33. The molecular weight excluding hydrogens is 270 g/mol. The van der Waals surface area contributed by atoms with Crippen molar-refractivity contribution in [3.63, 3.8) is 0 Å². The van der Waals surface area contributed by atoms with E-state index in [4.69, 9.17) is 15.6 Å². The van der Waals surface area contributed by atoms with Gasteiger partial charge in [-0.15, -0.1) is 0 Å². The smallest absolute Gasteiger partial charge is 0.335 e. The number of ether oxygens (including phenoxy) is 1. The van der Waals surface area contributed by atoms with Crippen molar-refractivity contribution < 1.29 is 19.4 Å². The fourth-order valence-electron chi connectivity index (χ4n) is 2.01. The van der Waals surface area contributed by atoms with Gasteiger partial charge in [-0.3, -0.25) is 4.79 Å². The van der Waals surface area contributed by atoms with Gasteiger partial charge >= 0.3 is 5.97 Å². The number of primary amides is 1. The van der Waals surface area contributed by atoms with Gasteiger partial charge < -0.3 is 15.6 Å². The molecular formula is C16H15NO4. The monoisotopic (exact) mass is 285 g/mol. The lowest BCUT2D eigenvalue weighted by molar-refractivity contribution is 0.0695. The van der Waals surface area contributed by atoms with E-state index < -0.39 is 11.9 Å². The lowest BCUT2D eigenvalue weighted by Gasteiger charge is -2.10. The molecule has 0 fully saturated rings. The van der Waals surface area contributed by atoms with Crippen molar-refractivity contribution in [3.05, 3.63) is 64.7 Å². The second kappa shape index (κ2) is 6.09. The molecule has 0 atom stereocenters. The fraction of sp³-hybridized carbons (Fsp3) is 0.125. The Morgan fingerprint density at radius 3 is 2.48 bits per heavy atom. The zero-order valence-corrected chi connectivity index (χ0v) is 11.5. The van der Waals surface area contributed by atoms with E-state index in [0.717, 1.165) is 0 Å². The molecule has 0 bridgehead atoms. The number of benzene rings is 2. The normalized spacial score (nSPS) is 10.1. The molecule has 3 N–H and O–H groups in total. The molecule has 0 heterocycles. The van der Waals surface area contributed by atoms with Crippen LogP contribution in [0.3, 0.4) is 0 Å². The maximum absolute atomic E-state index is 11.3. The molecule has 2 rings (SSSR count). The summed E-state index contributed by atoms with van der Waals surface area (Å²) in [5.74, 6) is -0.943. The Bertz CT molecular complexity index is 694.